The zero-order valence-corrected chi connectivity index (χ0v) is 16.6. The zero-order chi connectivity index (χ0) is 20.3. The van der Waals surface area contributed by atoms with Gasteiger partial charge in [-0.1, -0.05) is 60.7 Å². The maximum Gasteiger partial charge on any atom is 2.00 e. The van der Waals surface area contributed by atoms with E-state index in [1.807, 2.05) is 0 Å². The fourth-order valence-corrected chi connectivity index (χ4v) is 2.97. The average Bonchev–Trinajstić information content (AvgIpc) is 2.68. The number of carbonyl (C=O) groups is 2. The third-order valence-electron chi connectivity index (χ3n) is 4.19. The van der Waals surface area contributed by atoms with Crippen molar-refractivity contribution in [3.8, 4) is 11.5 Å². The minimum Gasteiger partial charge on any atom is -0.872 e. The van der Waals surface area contributed by atoms with Gasteiger partial charge in [0.05, 0.1) is 11.1 Å². The molecule has 2 N–H and O–H groups in total. The van der Waals surface area contributed by atoms with Crippen molar-refractivity contribution in [3.63, 3.8) is 0 Å². The topological polar surface area (TPSA) is 121 Å². The summed E-state index contributed by atoms with van der Waals surface area (Å²) in [6, 6.07) is 19.0. The van der Waals surface area contributed by atoms with Crippen LogP contribution in [0.25, 0.3) is 21.5 Å². The Labute approximate surface area is 181 Å². The molecule has 0 bridgehead atoms. The number of benzene rings is 4. The molecule has 0 radical (unpaired) electrons. The minimum absolute atomic E-state index is 0. The number of fused-ring (bicyclic) bond motifs is 2. The minimum atomic E-state index is -1.07. The molecule has 0 aliphatic rings. The summed E-state index contributed by atoms with van der Waals surface area (Å²) >= 11 is 0. The smallest absolute Gasteiger partial charge is 0.872 e. The van der Waals surface area contributed by atoms with Crippen molar-refractivity contribution < 1.29 is 30.0 Å². The van der Waals surface area contributed by atoms with E-state index in [1.165, 1.54) is 24.3 Å². The molecule has 0 aliphatic carbocycles. The summed E-state index contributed by atoms with van der Waals surface area (Å²) in [7, 11) is 0. The zero-order valence-electron chi connectivity index (χ0n) is 15.2. The Morgan fingerprint density at radius 3 is 1.21 bits per heavy atom. The molecule has 0 atom stereocenters. The van der Waals surface area contributed by atoms with Crippen LogP contribution in [-0.2, 0) is 0 Å². The van der Waals surface area contributed by atoms with E-state index in [1.54, 1.807) is 48.5 Å². The molecule has 0 spiro atoms. The number of aromatic carboxylic acids is 2. The van der Waals surface area contributed by atoms with Gasteiger partial charge in [0, 0.05) is 0 Å². The summed E-state index contributed by atoms with van der Waals surface area (Å²) in [6.07, 6.45) is 0. The van der Waals surface area contributed by atoms with Gasteiger partial charge in [-0.05, 0) is 33.7 Å². The molecule has 0 aromatic heterocycles. The molecular formula is C22H14MgO6. The van der Waals surface area contributed by atoms with Gasteiger partial charge in [-0.2, -0.15) is 0 Å². The first kappa shape index (κ1) is 22.0. The van der Waals surface area contributed by atoms with Gasteiger partial charge in [-0.15, -0.1) is 11.5 Å². The second kappa shape index (κ2) is 9.27. The largest absolute Gasteiger partial charge is 2.00 e. The Hall–Kier alpha value is -3.29. The van der Waals surface area contributed by atoms with Gasteiger partial charge >= 0.3 is 35.0 Å². The fraction of sp³-hybridized carbons (Fsp3) is 0. The number of carboxylic acids is 2. The molecule has 4 rings (SSSR count). The van der Waals surface area contributed by atoms with Crippen LogP contribution < -0.4 is 10.2 Å². The monoisotopic (exact) mass is 398 g/mol. The van der Waals surface area contributed by atoms with Crippen molar-refractivity contribution in [3.05, 3.63) is 83.9 Å². The third-order valence-corrected chi connectivity index (χ3v) is 4.19. The first-order chi connectivity index (χ1) is 13.4. The van der Waals surface area contributed by atoms with Crippen molar-refractivity contribution in [2.45, 2.75) is 0 Å². The molecule has 0 unspecified atom stereocenters. The van der Waals surface area contributed by atoms with Crippen LogP contribution in [0.1, 0.15) is 20.7 Å². The van der Waals surface area contributed by atoms with Gasteiger partial charge in [0.1, 0.15) is 0 Å². The molecule has 6 nitrogen and oxygen atoms in total. The van der Waals surface area contributed by atoms with E-state index in [-0.39, 0.29) is 56.5 Å². The number of hydrogen-bond acceptors (Lipinski definition) is 4. The van der Waals surface area contributed by atoms with Crippen LogP contribution in [-0.4, -0.2) is 45.2 Å². The maximum atomic E-state index is 11.4. The molecule has 4 aromatic carbocycles. The molecule has 0 heterocycles. The first-order valence-electron chi connectivity index (χ1n) is 8.24. The maximum absolute atomic E-state index is 11.4. The number of hydrogen-bond donors (Lipinski definition) is 2. The third kappa shape index (κ3) is 4.59. The van der Waals surface area contributed by atoms with Gasteiger partial charge in [-0.3, -0.25) is 0 Å². The Kier molecular flexibility index (Phi) is 7.03. The standard InChI is InChI=1S/2C11H8O3.Mg/c2*12-9-6-2-4-7-3-1-5-8(10(7)9)11(13)14;/h2*1-6,12H,(H,13,14);/q;;+2/p-2. The second-order valence-electron chi connectivity index (χ2n) is 5.93. The van der Waals surface area contributed by atoms with E-state index in [0.717, 1.165) is 0 Å². The molecule has 29 heavy (non-hydrogen) atoms. The fourth-order valence-electron chi connectivity index (χ4n) is 2.97. The van der Waals surface area contributed by atoms with Crippen LogP contribution in [0.4, 0.5) is 0 Å². The summed E-state index contributed by atoms with van der Waals surface area (Å²) in [5.41, 5.74) is 0.126. The van der Waals surface area contributed by atoms with Crippen molar-refractivity contribution in [2.75, 3.05) is 0 Å². The van der Waals surface area contributed by atoms with Crippen molar-refractivity contribution in [1.29, 1.82) is 0 Å². The molecule has 0 amide bonds. The number of rotatable bonds is 2. The summed E-state index contributed by atoms with van der Waals surface area (Å²) in [5.74, 6) is -2.64. The van der Waals surface area contributed by atoms with E-state index in [9.17, 15) is 19.8 Å². The Balaban J connectivity index is 0.000000200. The van der Waals surface area contributed by atoms with Gasteiger partial charge in [-0.25, -0.2) is 9.59 Å². The van der Waals surface area contributed by atoms with Crippen LogP contribution in [0.2, 0.25) is 0 Å². The average molecular weight is 399 g/mol. The molecule has 140 valence electrons. The summed E-state index contributed by atoms with van der Waals surface area (Å²) in [6.45, 7) is 0. The van der Waals surface area contributed by atoms with Crippen LogP contribution >= 0.6 is 0 Å². The summed E-state index contributed by atoms with van der Waals surface area (Å²) < 4.78 is 0. The molecular weight excluding hydrogens is 385 g/mol. The molecule has 0 fully saturated rings. The van der Waals surface area contributed by atoms with Crippen LogP contribution in [0.15, 0.2) is 72.8 Å². The first-order valence-corrected chi connectivity index (χ1v) is 8.24. The van der Waals surface area contributed by atoms with Gasteiger partial charge < -0.3 is 20.4 Å². The van der Waals surface area contributed by atoms with Crippen LogP contribution in [0.5, 0.6) is 11.5 Å². The Morgan fingerprint density at radius 2 is 0.897 bits per heavy atom. The van der Waals surface area contributed by atoms with Gasteiger partial charge in [0.15, 0.2) is 0 Å². The summed E-state index contributed by atoms with van der Waals surface area (Å²) in [4.78, 5) is 21.7. The SMILES string of the molecule is O=C(O)c1cccc2cccc([O-])c12.O=C(O)c1cccc2cccc([O-])c12.[Mg+2]. The van der Waals surface area contributed by atoms with Gasteiger partial charge in [0.25, 0.3) is 0 Å². The molecule has 0 saturated heterocycles. The van der Waals surface area contributed by atoms with Gasteiger partial charge in [0.2, 0.25) is 0 Å². The predicted molar refractivity (Wildman–Crippen MR) is 106 cm³/mol. The quantitative estimate of drug-likeness (QED) is 0.501. The second-order valence-corrected chi connectivity index (χ2v) is 5.93. The van der Waals surface area contributed by atoms with Crippen molar-refractivity contribution in [2.24, 2.45) is 0 Å². The molecule has 0 saturated carbocycles. The van der Waals surface area contributed by atoms with Crippen molar-refractivity contribution in [1.82, 2.24) is 0 Å². The predicted octanol–water partition coefficient (Wildman–Crippen LogP) is 2.84. The summed E-state index contributed by atoms with van der Waals surface area (Å²) in [5, 5.41) is 42.5. The molecule has 7 heteroatoms. The van der Waals surface area contributed by atoms with Crippen molar-refractivity contribution >= 4 is 56.5 Å². The molecule has 4 aromatic rings. The normalized spacial score (nSPS) is 9.93. The van der Waals surface area contributed by atoms with E-state index in [4.69, 9.17) is 10.2 Å². The van der Waals surface area contributed by atoms with E-state index in [2.05, 4.69) is 0 Å². The van der Waals surface area contributed by atoms with E-state index in [0.29, 0.717) is 10.8 Å². The van der Waals surface area contributed by atoms with Crippen LogP contribution in [0.3, 0.4) is 0 Å². The van der Waals surface area contributed by atoms with E-state index < -0.39 is 11.9 Å². The van der Waals surface area contributed by atoms with E-state index >= 15 is 0 Å². The Morgan fingerprint density at radius 1 is 0.586 bits per heavy atom. The number of carboxylic acid groups (broad SMARTS) is 2. The Bertz CT molecular complexity index is 1100. The van der Waals surface area contributed by atoms with Crippen LogP contribution in [0, 0.1) is 0 Å². The molecule has 0 aliphatic heterocycles.